The number of thioether (sulfide) groups is 1. The number of phosphoric ester groups is 3. The number of aromatic nitrogens is 4. The third-order valence-electron chi connectivity index (χ3n) is 12.7. The number of amides is 2. The summed E-state index contributed by atoms with van der Waals surface area (Å²) in [6, 6.07) is 0. The molecule has 13 N–H and O–H groups in total. The average molecular weight is 1160 g/mol. The van der Waals surface area contributed by atoms with Crippen LogP contribution in [0.4, 0.5) is 5.82 Å². The summed E-state index contributed by atoms with van der Waals surface area (Å²) >= 11 is 1.16. The lowest BCUT2D eigenvalue weighted by Gasteiger charge is -2.30. The Hall–Kier alpha value is -2.48. The molecule has 25 nitrogen and oxygen atoms in total. The van der Waals surface area contributed by atoms with Gasteiger partial charge in [0.15, 0.2) is 22.8 Å². The molecule has 2 aromatic heterocycles. The van der Waals surface area contributed by atoms with Gasteiger partial charge < -0.3 is 57.0 Å². The van der Waals surface area contributed by atoms with E-state index in [1.165, 1.54) is 142 Å². The second-order valence-electron chi connectivity index (χ2n) is 19.8. The molecule has 0 radical (unpaired) electrons. The van der Waals surface area contributed by atoms with Crippen LogP contribution in [0.3, 0.4) is 0 Å². The van der Waals surface area contributed by atoms with E-state index in [0.717, 1.165) is 48.2 Å². The maximum absolute atomic E-state index is 12.8. The zero-order valence-corrected chi connectivity index (χ0v) is 48.3. The van der Waals surface area contributed by atoms with E-state index in [9.17, 15) is 57.9 Å². The van der Waals surface area contributed by atoms with Gasteiger partial charge in [-0.1, -0.05) is 174 Å². The van der Waals surface area contributed by atoms with Gasteiger partial charge in [0, 0.05) is 37.1 Å². The van der Waals surface area contributed by atoms with Gasteiger partial charge in [-0.05, 0) is 6.42 Å². The minimum Gasteiger partial charge on any atom is -0.386 e. The van der Waals surface area contributed by atoms with Crippen molar-refractivity contribution in [1.29, 1.82) is 0 Å². The zero-order valence-electron chi connectivity index (χ0n) is 44.8. The number of hydrogen-bond donors (Lipinski definition) is 10. The van der Waals surface area contributed by atoms with Gasteiger partial charge in [-0.3, -0.25) is 32.5 Å². The number of fused-ring (bicyclic) bond motifs is 1. The summed E-state index contributed by atoms with van der Waals surface area (Å²) in [5, 5.41) is 26.8. The van der Waals surface area contributed by atoms with Crippen LogP contribution in [-0.4, -0.2) is 123 Å². The van der Waals surface area contributed by atoms with Gasteiger partial charge in [-0.25, -0.2) is 28.6 Å². The van der Waals surface area contributed by atoms with Crippen LogP contribution in [-0.2, 0) is 50.7 Å². The van der Waals surface area contributed by atoms with E-state index in [2.05, 4.69) is 41.3 Å². The summed E-state index contributed by atoms with van der Waals surface area (Å²) in [6.45, 7) is 2.86. The maximum Gasteiger partial charge on any atom is 0.481 e. The largest absolute Gasteiger partial charge is 0.481 e. The lowest BCUT2D eigenvalue weighted by molar-refractivity contribution is -0.137. The van der Waals surface area contributed by atoms with Crippen molar-refractivity contribution >= 4 is 69.1 Å². The first-order valence-electron chi connectivity index (χ1n) is 26.6. The predicted molar refractivity (Wildman–Crippen MR) is 289 cm³/mol. The van der Waals surface area contributed by atoms with Gasteiger partial charge in [0.1, 0.15) is 36.3 Å². The number of unbranched alkanes of at least 4 members (excludes halogenated alkanes) is 22. The maximum atomic E-state index is 12.8. The monoisotopic (exact) mass is 1160 g/mol. The van der Waals surface area contributed by atoms with E-state index in [1.54, 1.807) is 0 Å². The van der Waals surface area contributed by atoms with Crippen LogP contribution in [0.1, 0.15) is 188 Å². The topological polar surface area (TPSA) is 399 Å². The van der Waals surface area contributed by atoms with Crippen LogP contribution in [0.5, 0.6) is 0 Å². The predicted octanol–water partition coefficient (Wildman–Crippen LogP) is 8.21. The van der Waals surface area contributed by atoms with E-state index in [0.29, 0.717) is 12.2 Å². The number of carbonyl (C=O) groups excluding carboxylic acids is 3. The Balaban J connectivity index is 0.0000198. The molecule has 0 bridgehead atoms. The number of nitrogen functional groups attached to an aromatic ring is 1. The van der Waals surface area contributed by atoms with Crippen LogP contribution in [0.2, 0.25) is 0 Å². The number of aliphatic hydroxyl groups is 2. The molecule has 1 aliphatic heterocycles. The molecule has 76 heavy (non-hydrogen) atoms. The molecule has 7 atom stereocenters. The van der Waals surface area contributed by atoms with Crippen molar-refractivity contribution in [1.82, 2.24) is 36.3 Å². The average Bonchev–Trinajstić information content (AvgIpc) is 3.91. The highest BCUT2D eigenvalue weighted by Gasteiger charge is 2.50. The van der Waals surface area contributed by atoms with Crippen molar-refractivity contribution in [3.8, 4) is 0 Å². The summed E-state index contributed by atoms with van der Waals surface area (Å²) in [5.74, 6) is -1.01. The fourth-order valence-corrected chi connectivity index (χ4v) is 12.0. The lowest BCUT2D eigenvalue weighted by Crippen LogP contribution is -2.46. The van der Waals surface area contributed by atoms with Gasteiger partial charge in [-0.15, -0.1) is 0 Å². The molecule has 29 heteroatoms. The molecule has 0 spiro atoms. The Bertz CT molecular complexity index is 2140. The first-order chi connectivity index (χ1) is 35.6. The number of nitrogens with one attached hydrogen (secondary N) is 2. The molecule has 3 heterocycles. The number of hydrogen-bond acceptors (Lipinski definition) is 19. The summed E-state index contributed by atoms with van der Waals surface area (Å²) < 4.78 is 62.6. The first kappa shape index (κ1) is 69.6. The minimum absolute atomic E-state index is 0. The molecule has 2 aromatic rings. The van der Waals surface area contributed by atoms with E-state index in [1.807, 2.05) is 0 Å². The fraction of sp³-hybridized carbons (Fsp3) is 0.830. The van der Waals surface area contributed by atoms with E-state index < -0.39 is 84.6 Å². The van der Waals surface area contributed by atoms with Gasteiger partial charge in [0.25, 0.3) is 0 Å². The number of nitrogens with two attached hydrogens (primary N) is 1. The highest BCUT2D eigenvalue weighted by atomic mass is 32.2. The Morgan fingerprint density at radius 1 is 0.763 bits per heavy atom. The van der Waals surface area contributed by atoms with Crippen LogP contribution < -0.4 is 22.5 Å². The Morgan fingerprint density at radius 2 is 1.28 bits per heavy atom. The fourth-order valence-electron chi connectivity index (χ4n) is 8.42. The van der Waals surface area contributed by atoms with Crippen molar-refractivity contribution in [2.45, 2.75) is 212 Å². The van der Waals surface area contributed by atoms with Gasteiger partial charge in [0.2, 0.25) is 11.8 Å². The number of ether oxygens (including phenoxy) is 1. The number of phosphoric acid groups is 3. The molecule has 0 aromatic carbocycles. The molecule has 2 unspecified atom stereocenters. The SMILES string of the molecule is CCCCCCCCCCCCCCCCCCCCCCCCCC(=O)SCCNC(=O)CCNC(=O)[C@H](O)C(C)(C)COP(=O)(O)OP(=O)(O)OC[C@H]1O[C@@H](n2cnc3c(N)ncnc32)[C@H](O)[C@@H]1OP(=O)(O)O.N. The Labute approximate surface area is 452 Å². The van der Waals surface area contributed by atoms with Gasteiger partial charge >= 0.3 is 23.5 Å². The number of carbonyl (C=O) groups is 3. The summed E-state index contributed by atoms with van der Waals surface area (Å²) in [5.41, 5.74) is 4.30. The van der Waals surface area contributed by atoms with Crippen molar-refractivity contribution in [2.24, 2.45) is 5.41 Å². The lowest BCUT2D eigenvalue weighted by atomic mass is 9.87. The standard InChI is InChI=1S/C47H86N7O17P3S.H3N/c1-4-5-6-7-8-9-10-11-12-13-14-15-16-17-18-19-20-21-22-23-24-25-26-27-38(56)75-31-30-49-37(55)28-29-50-45(59)42(58)47(2,3)33-68-74(65,66)71-73(63,64)67-32-36-41(70-72(60,61)62)40(57)46(69-36)54-35-53-39-43(48)51-34-52-44(39)54;/h34-36,40-42,46,57-58H,4-33H2,1-3H3,(H,49,55)(H,50,59)(H,63,64)(H,65,66)(H2,48,51,52)(H2,60,61,62);1H3/t36-,40-,41-,42+,46-;/m1./s1. The van der Waals surface area contributed by atoms with Crippen LogP contribution in [0.15, 0.2) is 12.7 Å². The van der Waals surface area contributed by atoms with E-state index in [-0.39, 0.29) is 47.8 Å². The number of rotatable bonds is 43. The van der Waals surface area contributed by atoms with Crippen LogP contribution >= 0.6 is 35.2 Å². The Kier molecular flexibility index (Phi) is 33.6. The Morgan fingerprint density at radius 3 is 1.80 bits per heavy atom. The van der Waals surface area contributed by atoms with E-state index >= 15 is 0 Å². The molecule has 1 fully saturated rings. The molecule has 1 aliphatic rings. The molecular weight excluding hydrogens is 1070 g/mol. The summed E-state index contributed by atoms with van der Waals surface area (Å²) in [7, 11) is -16.4. The summed E-state index contributed by atoms with van der Waals surface area (Å²) in [4.78, 5) is 88.7. The highest BCUT2D eigenvalue weighted by Crippen LogP contribution is 2.61. The first-order valence-corrected chi connectivity index (χ1v) is 32.1. The van der Waals surface area contributed by atoms with Crippen LogP contribution in [0.25, 0.3) is 11.2 Å². The normalized spacial score (nSPS) is 19.0. The molecule has 3 rings (SSSR count). The van der Waals surface area contributed by atoms with Crippen molar-refractivity contribution in [3.05, 3.63) is 12.7 Å². The smallest absolute Gasteiger partial charge is 0.386 e. The molecule has 0 aliphatic carbocycles. The summed E-state index contributed by atoms with van der Waals surface area (Å²) in [6.07, 6.45) is 23.8. The van der Waals surface area contributed by atoms with E-state index in [4.69, 9.17) is 19.5 Å². The third kappa shape index (κ3) is 28.1. The van der Waals surface area contributed by atoms with Crippen molar-refractivity contribution < 1.29 is 80.5 Å². The zero-order chi connectivity index (χ0) is 55.3. The highest BCUT2D eigenvalue weighted by molar-refractivity contribution is 8.13. The molecule has 440 valence electrons. The second-order valence-corrected chi connectivity index (χ2v) is 25.2. The molecular formula is C47H89N8O17P3S. The van der Waals surface area contributed by atoms with Gasteiger partial charge in [0.05, 0.1) is 19.5 Å². The van der Waals surface area contributed by atoms with Crippen LogP contribution in [0, 0.1) is 5.41 Å². The molecule has 1 saturated heterocycles. The van der Waals surface area contributed by atoms with Crippen molar-refractivity contribution in [2.75, 3.05) is 37.8 Å². The number of nitrogens with zero attached hydrogens (tertiary/aromatic N) is 4. The quantitative estimate of drug-likeness (QED) is 0.0221. The van der Waals surface area contributed by atoms with Gasteiger partial charge in [-0.2, -0.15) is 4.31 Å². The second kappa shape index (κ2) is 36.7. The number of anilines is 1. The number of aliphatic hydroxyl groups excluding tert-OH is 2. The minimum atomic E-state index is -5.58. The molecule has 0 saturated carbocycles. The molecule has 2 amide bonds. The van der Waals surface area contributed by atoms with Crippen molar-refractivity contribution in [3.63, 3.8) is 0 Å². The third-order valence-corrected chi connectivity index (χ3v) is 16.8. The number of imidazole rings is 1.